The highest BCUT2D eigenvalue weighted by Crippen LogP contribution is 2.23. The SMILES string of the molecule is COc1ccc(COCC2CCCC(=O)N2CC2=CC=NCC2C)cc1. The van der Waals surface area contributed by atoms with Crippen molar-refractivity contribution in [3.63, 3.8) is 0 Å². The molecule has 0 spiro atoms. The second-order valence-corrected chi connectivity index (χ2v) is 7.09. The lowest BCUT2D eigenvalue weighted by Gasteiger charge is -2.37. The van der Waals surface area contributed by atoms with Gasteiger partial charge < -0.3 is 14.4 Å². The molecule has 1 fully saturated rings. The van der Waals surface area contributed by atoms with Gasteiger partial charge in [-0.3, -0.25) is 9.79 Å². The molecule has 0 aromatic heterocycles. The summed E-state index contributed by atoms with van der Waals surface area (Å²) in [6, 6.07) is 8.05. The van der Waals surface area contributed by atoms with E-state index in [0.29, 0.717) is 32.1 Å². The molecule has 0 N–H and O–H groups in total. The number of carbonyl (C=O) groups is 1. The molecule has 2 aliphatic heterocycles. The molecule has 5 nitrogen and oxygen atoms in total. The number of aliphatic imine (C=N–C) groups is 1. The molecule has 140 valence electrons. The highest BCUT2D eigenvalue weighted by molar-refractivity contribution is 5.78. The third-order valence-corrected chi connectivity index (χ3v) is 5.19. The summed E-state index contributed by atoms with van der Waals surface area (Å²) in [4.78, 5) is 18.8. The standard InChI is InChI=1S/C21H28N2O3/c1-16-12-22-11-10-18(16)13-23-19(4-3-5-21(23)24)15-26-14-17-6-8-20(25-2)9-7-17/h6-11,16,19H,3-5,12-15H2,1-2H3. The van der Waals surface area contributed by atoms with E-state index < -0.39 is 0 Å². The normalized spacial score (nSPS) is 23.1. The highest BCUT2D eigenvalue weighted by atomic mass is 16.5. The van der Waals surface area contributed by atoms with Crippen molar-refractivity contribution >= 4 is 12.1 Å². The second kappa shape index (κ2) is 8.99. The molecule has 3 rings (SSSR count). The summed E-state index contributed by atoms with van der Waals surface area (Å²) in [7, 11) is 1.66. The van der Waals surface area contributed by atoms with Crippen molar-refractivity contribution < 1.29 is 14.3 Å². The third kappa shape index (κ3) is 4.73. The van der Waals surface area contributed by atoms with E-state index in [-0.39, 0.29) is 11.9 Å². The lowest BCUT2D eigenvalue weighted by molar-refractivity contribution is -0.137. The fourth-order valence-corrected chi connectivity index (χ4v) is 3.47. The van der Waals surface area contributed by atoms with Gasteiger partial charge in [0, 0.05) is 25.7 Å². The Morgan fingerprint density at radius 3 is 2.81 bits per heavy atom. The second-order valence-electron chi connectivity index (χ2n) is 7.09. The van der Waals surface area contributed by atoms with E-state index in [1.807, 2.05) is 35.4 Å². The van der Waals surface area contributed by atoms with Crippen LogP contribution in [0, 0.1) is 5.92 Å². The molecule has 0 radical (unpaired) electrons. The Balaban J connectivity index is 1.56. The van der Waals surface area contributed by atoms with Crippen LogP contribution in [-0.4, -0.2) is 49.9 Å². The molecule has 0 bridgehead atoms. The van der Waals surface area contributed by atoms with Gasteiger partial charge in [0.05, 0.1) is 26.4 Å². The van der Waals surface area contributed by atoms with E-state index in [1.54, 1.807) is 7.11 Å². The summed E-state index contributed by atoms with van der Waals surface area (Å²) in [5, 5.41) is 0. The van der Waals surface area contributed by atoms with Crippen LogP contribution in [-0.2, 0) is 16.1 Å². The molecular formula is C21H28N2O3. The quantitative estimate of drug-likeness (QED) is 0.754. The Hall–Kier alpha value is -2.14. The number of benzene rings is 1. The van der Waals surface area contributed by atoms with Crippen LogP contribution in [0.15, 0.2) is 40.9 Å². The topological polar surface area (TPSA) is 51.1 Å². The first-order valence-corrected chi connectivity index (χ1v) is 9.36. The summed E-state index contributed by atoms with van der Waals surface area (Å²) in [5.74, 6) is 1.48. The molecule has 2 unspecified atom stereocenters. The maximum atomic E-state index is 12.5. The van der Waals surface area contributed by atoms with E-state index in [0.717, 1.165) is 30.7 Å². The van der Waals surface area contributed by atoms with Gasteiger partial charge in [-0.25, -0.2) is 0 Å². The lowest BCUT2D eigenvalue weighted by atomic mass is 9.95. The molecule has 1 saturated heterocycles. The number of dihydropyridines is 1. The van der Waals surface area contributed by atoms with Crippen molar-refractivity contribution in [2.24, 2.45) is 10.9 Å². The molecule has 1 aromatic carbocycles. The minimum absolute atomic E-state index is 0.154. The Morgan fingerprint density at radius 1 is 1.27 bits per heavy atom. The maximum Gasteiger partial charge on any atom is 0.223 e. The number of hydrogen-bond donors (Lipinski definition) is 0. The number of ether oxygens (including phenoxy) is 2. The number of hydrogen-bond acceptors (Lipinski definition) is 4. The van der Waals surface area contributed by atoms with Gasteiger partial charge in [-0.2, -0.15) is 0 Å². The number of nitrogens with zero attached hydrogens (tertiary/aromatic N) is 2. The van der Waals surface area contributed by atoms with E-state index in [9.17, 15) is 4.79 Å². The molecule has 0 saturated carbocycles. The first kappa shape index (κ1) is 18.6. The zero-order chi connectivity index (χ0) is 18.4. The largest absolute Gasteiger partial charge is 0.497 e. The van der Waals surface area contributed by atoms with Gasteiger partial charge in [0.1, 0.15) is 5.75 Å². The van der Waals surface area contributed by atoms with Crippen molar-refractivity contribution in [3.05, 3.63) is 41.5 Å². The summed E-state index contributed by atoms with van der Waals surface area (Å²) in [6.45, 7) is 4.81. The molecule has 1 amide bonds. The summed E-state index contributed by atoms with van der Waals surface area (Å²) >= 11 is 0. The van der Waals surface area contributed by atoms with Crippen LogP contribution in [0.4, 0.5) is 0 Å². The molecular weight excluding hydrogens is 328 g/mol. The van der Waals surface area contributed by atoms with Crippen LogP contribution in [0.1, 0.15) is 31.7 Å². The van der Waals surface area contributed by atoms with Gasteiger partial charge in [0.15, 0.2) is 0 Å². The van der Waals surface area contributed by atoms with Gasteiger partial charge in [0.2, 0.25) is 5.91 Å². The smallest absolute Gasteiger partial charge is 0.223 e. The molecule has 1 aromatic rings. The number of likely N-dealkylation sites (tertiary alicyclic amines) is 1. The number of amides is 1. The van der Waals surface area contributed by atoms with Gasteiger partial charge in [-0.15, -0.1) is 0 Å². The van der Waals surface area contributed by atoms with Crippen LogP contribution < -0.4 is 4.74 Å². The average Bonchev–Trinajstić information content (AvgIpc) is 2.66. The van der Waals surface area contributed by atoms with Gasteiger partial charge in [-0.1, -0.05) is 19.1 Å². The average molecular weight is 356 g/mol. The Morgan fingerprint density at radius 2 is 2.08 bits per heavy atom. The fraction of sp³-hybridized carbons (Fsp3) is 0.524. The predicted molar refractivity (Wildman–Crippen MR) is 103 cm³/mol. The zero-order valence-electron chi connectivity index (χ0n) is 15.7. The monoisotopic (exact) mass is 356 g/mol. The minimum Gasteiger partial charge on any atom is -0.497 e. The summed E-state index contributed by atoms with van der Waals surface area (Å²) < 4.78 is 11.1. The number of rotatable bonds is 7. The van der Waals surface area contributed by atoms with Crippen molar-refractivity contribution in [2.75, 3.05) is 26.8 Å². The van der Waals surface area contributed by atoms with E-state index in [2.05, 4.69) is 18.0 Å². The van der Waals surface area contributed by atoms with Crippen LogP contribution >= 0.6 is 0 Å². The molecule has 2 atom stereocenters. The van der Waals surface area contributed by atoms with Crippen LogP contribution in [0.3, 0.4) is 0 Å². The van der Waals surface area contributed by atoms with Crippen molar-refractivity contribution in [1.29, 1.82) is 0 Å². The van der Waals surface area contributed by atoms with Gasteiger partial charge in [-0.05, 0) is 48.1 Å². The predicted octanol–water partition coefficient (Wildman–Crippen LogP) is 3.24. The Kier molecular flexibility index (Phi) is 6.45. The molecule has 26 heavy (non-hydrogen) atoms. The number of allylic oxidation sites excluding steroid dienone is 1. The minimum atomic E-state index is 0.154. The fourth-order valence-electron chi connectivity index (χ4n) is 3.47. The first-order chi connectivity index (χ1) is 12.7. The van der Waals surface area contributed by atoms with Crippen molar-refractivity contribution in [3.8, 4) is 5.75 Å². The van der Waals surface area contributed by atoms with Crippen LogP contribution in [0.25, 0.3) is 0 Å². The Labute approximate surface area is 155 Å². The number of piperidine rings is 1. The molecule has 0 aliphatic carbocycles. The van der Waals surface area contributed by atoms with E-state index in [1.165, 1.54) is 5.57 Å². The first-order valence-electron chi connectivity index (χ1n) is 9.36. The van der Waals surface area contributed by atoms with Crippen LogP contribution in [0.5, 0.6) is 5.75 Å². The summed E-state index contributed by atoms with van der Waals surface area (Å²) in [5.41, 5.74) is 2.40. The van der Waals surface area contributed by atoms with Gasteiger partial charge in [0.25, 0.3) is 0 Å². The van der Waals surface area contributed by atoms with Gasteiger partial charge >= 0.3 is 0 Å². The molecule has 2 heterocycles. The van der Waals surface area contributed by atoms with Crippen molar-refractivity contribution in [2.45, 2.75) is 38.8 Å². The van der Waals surface area contributed by atoms with Crippen molar-refractivity contribution in [1.82, 2.24) is 4.90 Å². The maximum absolute atomic E-state index is 12.5. The Bertz CT molecular complexity index is 666. The number of methoxy groups -OCH3 is 1. The van der Waals surface area contributed by atoms with E-state index in [4.69, 9.17) is 9.47 Å². The highest BCUT2D eigenvalue weighted by Gasteiger charge is 2.29. The van der Waals surface area contributed by atoms with Crippen LogP contribution in [0.2, 0.25) is 0 Å². The molecule has 5 heteroatoms. The number of carbonyl (C=O) groups excluding carboxylic acids is 1. The zero-order valence-corrected chi connectivity index (χ0v) is 15.7. The third-order valence-electron chi connectivity index (χ3n) is 5.19. The molecule has 2 aliphatic rings. The summed E-state index contributed by atoms with van der Waals surface area (Å²) in [6.07, 6.45) is 6.51. The lowest BCUT2D eigenvalue weighted by Crippen LogP contribution is -2.47. The van der Waals surface area contributed by atoms with E-state index >= 15 is 0 Å².